The average molecular weight is 370 g/mol. The first-order chi connectivity index (χ1) is 13.4. The minimum atomic E-state index is 0.316. The van der Waals surface area contributed by atoms with Crippen LogP contribution in [0.15, 0.2) is 47.2 Å². The molecule has 0 bridgehead atoms. The van der Waals surface area contributed by atoms with Crippen molar-refractivity contribution in [2.75, 3.05) is 45.9 Å². The van der Waals surface area contributed by atoms with E-state index in [9.17, 15) is 0 Å². The van der Waals surface area contributed by atoms with Crippen LogP contribution in [-0.2, 0) is 11.3 Å². The molecule has 0 amide bonds. The summed E-state index contributed by atoms with van der Waals surface area (Å²) in [5.41, 5.74) is 1.15. The van der Waals surface area contributed by atoms with Gasteiger partial charge in [0.2, 0.25) is 0 Å². The largest absolute Gasteiger partial charge is 0.468 e. The molecule has 2 aliphatic heterocycles. The number of nitrogens with zero attached hydrogens (tertiary/aromatic N) is 3. The summed E-state index contributed by atoms with van der Waals surface area (Å²) in [5, 5.41) is 3.82. The van der Waals surface area contributed by atoms with Crippen molar-refractivity contribution in [3.8, 4) is 0 Å². The Labute approximate surface area is 161 Å². The number of hydrogen-bond donors (Lipinski definition) is 1. The zero-order chi connectivity index (χ0) is 18.3. The summed E-state index contributed by atoms with van der Waals surface area (Å²) in [6.07, 6.45) is 6.01. The number of morpholine rings is 1. The summed E-state index contributed by atoms with van der Waals surface area (Å²) in [6, 6.07) is 11.1. The molecule has 0 aromatic carbocycles. The van der Waals surface area contributed by atoms with Crippen LogP contribution in [0.25, 0.3) is 0 Å². The zero-order valence-electron chi connectivity index (χ0n) is 15.9. The van der Waals surface area contributed by atoms with Crippen LogP contribution < -0.4 is 5.32 Å². The molecule has 2 fully saturated rings. The molecule has 0 radical (unpaired) electrons. The Morgan fingerprint density at radius 3 is 2.63 bits per heavy atom. The predicted octanol–water partition coefficient (Wildman–Crippen LogP) is 2.30. The second kappa shape index (κ2) is 9.46. The fourth-order valence-electron chi connectivity index (χ4n) is 4.08. The molecule has 6 nitrogen and oxygen atoms in total. The Kier molecular flexibility index (Phi) is 6.53. The molecule has 1 unspecified atom stereocenters. The lowest BCUT2D eigenvalue weighted by molar-refractivity contribution is 0.0142. The van der Waals surface area contributed by atoms with Crippen molar-refractivity contribution >= 4 is 0 Å². The van der Waals surface area contributed by atoms with Gasteiger partial charge in [0.15, 0.2) is 0 Å². The number of nitrogens with one attached hydrogen (secondary N) is 1. The second-order valence-electron chi connectivity index (χ2n) is 7.46. The SMILES string of the molecule is c1ccc(C(CNC2CCN(Cc3ccco3)CC2)N2CCOCC2)nc1. The Hall–Kier alpha value is -1.73. The van der Waals surface area contributed by atoms with Crippen molar-refractivity contribution in [3.63, 3.8) is 0 Å². The summed E-state index contributed by atoms with van der Waals surface area (Å²) in [6.45, 7) is 7.68. The highest BCUT2D eigenvalue weighted by molar-refractivity contribution is 5.10. The molecule has 2 aromatic rings. The van der Waals surface area contributed by atoms with E-state index < -0.39 is 0 Å². The molecule has 2 aromatic heterocycles. The van der Waals surface area contributed by atoms with Crippen molar-refractivity contribution in [2.24, 2.45) is 0 Å². The van der Waals surface area contributed by atoms with Crippen LogP contribution in [0.5, 0.6) is 0 Å². The molecular weight excluding hydrogens is 340 g/mol. The molecule has 0 spiro atoms. The lowest BCUT2D eigenvalue weighted by atomic mass is 10.0. The van der Waals surface area contributed by atoms with Gasteiger partial charge in [-0.3, -0.25) is 14.8 Å². The van der Waals surface area contributed by atoms with Gasteiger partial charge in [0.1, 0.15) is 5.76 Å². The molecule has 2 aliphatic rings. The van der Waals surface area contributed by atoms with Crippen LogP contribution in [0.2, 0.25) is 0 Å². The maximum absolute atomic E-state index is 5.54. The summed E-state index contributed by atoms with van der Waals surface area (Å²) < 4.78 is 11.0. The third-order valence-corrected chi connectivity index (χ3v) is 5.66. The van der Waals surface area contributed by atoms with Crippen LogP contribution in [0.1, 0.15) is 30.3 Å². The van der Waals surface area contributed by atoms with E-state index in [2.05, 4.69) is 38.3 Å². The fourth-order valence-corrected chi connectivity index (χ4v) is 4.08. The van der Waals surface area contributed by atoms with Gasteiger partial charge in [0.05, 0.1) is 37.8 Å². The van der Waals surface area contributed by atoms with E-state index in [0.29, 0.717) is 12.1 Å². The van der Waals surface area contributed by atoms with E-state index in [1.807, 2.05) is 18.3 Å². The van der Waals surface area contributed by atoms with Crippen LogP contribution in [0.4, 0.5) is 0 Å². The van der Waals surface area contributed by atoms with Crippen LogP contribution in [0.3, 0.4) is 0 Å². The average Bonchev–Trinajstić information content (AvgIpc) is 3.24. The number of piperidine rings is 1. The van der Waals surface area contributed by atoms with Gasteiger partial charge in [-0.1, -0.05) is 6.07 Å². The molecule has 0 aliphatic carbocycles. The van der Waals surface area contributed by atoms with Gasteiger partial charge >= 0.3 is 0 Å². The van der Waals surface area contributed by atoms with Gasteiger partial charge in [0.25, 0.3) is 0 Å². The normalized spacial score (nSPS) is 21.3. The molecule has 2 saturated heterocycles. The van der Waals surface area contributed by atoms with Gasteiger partial charge in [-0.05, 0) is 37.1 Å². The van der Waals surface area contributed by atoms with Crippen LogP contribution >= 0.6 is 0 Å². The molecule has 1 atom stereocenters. The van der Waals surface area contributed by atoms with E-state index in [-0.39, 0.29) is 0 Å². The number of hydrogen-bond acceptors (Lipinski definition) is 6. The maximum Gasteiger partial charge on any atom is 0.117 e. The minimum absolute atomic E-state index is 0.316. The quantitative estimate of drug-likeness (QED) is 0.807. The highest BCUT2D eigenvalue weighted by Gasteiger charge is 2.26. The summed E-state index contributed by atoms with van der Waals surface area (Å²) >= 11 is 0. The molecule has 146 valence electrons. The topological polar surface area (TPSA) is 53.8 Å². The number of pyridine rings is 1. The molecule has 4 heterocycles. The fraction of sp³-hybridized carbons (Fsp3) is 0.571. The molecule has 4 rings (SSSR count). The monoisotopic (exact) mass is 370 g/mol. The lowest BCUT2D eigenvalue weighted by Gasteiger charge is -2.37. The smallest absolute Gasteiger partial charge is 0.117 e. The molecule has 6 heteroatoms. The van der Waals surface area contributed by atoms with E-state index in [1.165, 1.54) is 12.8 Å². The number of furan rings is 1. The molecule has 0 saturated carbocycles. The number of ether oxygens (including phenoxy) is 1. The number of likely N-dealkylation sites (tertiary alicyclic amines) is 1. The van der Waals surface area contributed by atoms with Gasteiger partial charge in [-0.25, -0.2) is 0 Å². The Morgan fingerprint density at radius 2 is 1.93 bits per heavy atom. The van der Waals surface area contributed by atoms with Crippen molar-refractivity contribution in [1.29, 1.82) is 0 Å². The molecule has 27 heavy (non-hydrogen) atoms. The number of aromatic nitrogens is 1. The van der Waals surface area contributed by atoms with E-state index in [4.69, 9.17) is 9.15 Å². The third-order valence-electron chi connectivity index (χ3n) is 5.66. The van der Waals surface area contributed by atoms with E-state index in [0.717, 1.165) is 63.9 Å². The standard InChI is InChI=1S/C21H30N4O2/c1-2-8-22-20(5-1)21(25-11-14-26-15-12-25)16-23-18-6-9-24(10-7-18)17-19-4-3-13-27-19/h1-5,8,13,18,21,23H,6-7,9-12,14-17H2. The van der Waals surface area contributed by atoms with Gasteiger partial charge < -0.3 is 14.5 Å². The first kappa shape index (κ1) is 18.6. The van der Waals surface area contributed by atoms with Crippen molar-refractivity contribution in [1.82, 2.24) is 20.1 Å². The zero-order valence-corrected chi connectivity index (χ0v) is 15.9. The highest BCUT2D eigenvalue weighted by atomic mass is 16.5. The van der Waals surface area contributed by atoms with Crippen molar-refractivity contribution in [3.05, 3.63) is 54.2 Å². The first-order valence-electron chi connectivity index (χ1n) is 10.1. The van der Waals surface area contributed by atoms with E-state index in [1.54, 1.807) is 6.26 Å². The second-order valence-corrected chi connectivity index (χ2v) is 7.46. The Bertz CT molecular complexity index is 650. The number of rotatable bonds is 7. The van der Waals surface area contributed by atoms with E-state index >= 15 is 0 Å². The predicted molar refractivity (Wildman–Crippen MR) is 104 cm³/mol. The minimum Gasteiger partial charge on any atom is -0.468 e. The first-order valence-corrected chi connectivity index (χ1v) is 10.1. The maximum atomic E-state index is 5.54. The third kappa shape index (κ3) is 5.17. The van der Waals surface area contributed by atoms with Gasteiger partial charge in [-0.15, -0.1) is 0 Å². The van der Waals surface area contributed by atoms with Gasteiger partial charge in [-0.2, -0.15) is 0 Å². The summed E-state index contributed by atoms with van der Waals surface area (Å²) in [7, 11) is 0. The van der Waals surface area contributed by atoms with Crippen molar-refractivity contribution < 1.29 is 9.15 Å². The molecular formula is C21H30N4O2. The van der Waals surface area contributed by atoms with Crippen molar-refractivity contribution in [2.45, 2.75) is 31.5 Å². The summed E-state index contributed by atoms with van der Waals surface area (Å²) in [5.74, 6) is 1.06. The highest BCUT2D eigenvalue weighted by Crippen LogP contribution is 2.21. The lowest BCUT2D eigenvalue weighted by Crippen LogP contribution is -2.47. The Balaban J connectivity index is 1.29. The molecule has 1 N–H and O–H groups in total. The van der Waals surface area contributed by atoms with Crippen LogP contribution in [0, 0.1) is 0 Å². The van der Waals surface area contributed by atoms with Gasteiger partial charge in [0, 0.05) is 45.0 Å². The Morgan fingerprint density at radius 1 is 1.07 bits per heavy atom. The van der Waals surface area contributed by atoms with Crippen LogP contribution in [-0.4, -0.2) is 66.8 Å². The summed E-state index contributed by atoms with van der Waals surface area (Å²) in [4.78, 5) is 9.62.